The van der Waals surface area contributed by atoms with E-state index in [-0.39, 0.29) is 0 Å². The van der Waals surface area contributed by atoms with Crippen molar-refractivity contribution < 1.29 is 9.90 Å². The second-order valence-electron chi connectivity index (χ2n) is 5.79. The number of fused-ring (bicyclic) bond motifs is 1. The van der Waals surface area contributed by atoms with Gasteiger partial charge in [0.05, 0.1) is 5.56 Å². The molecule has 1 N–H and O–H groups in total. The second-order valence-corrected chi connectivity index (χ2v) is 5.79. The van der Waals surface area contributed by atoms with Crippen LogP contribution in [-0.2, 0) is 6.42 Å². The van der Waals surface area contributed by atoms with Gasteiger partial charge in [-0.05, 0) is 56.1 Å². The van der Waals surface area contributed by atoms with Crippen LogP contribution in [-0.4, -0.2) is 48.7 Å². The van der Waals surface area contributed by atoms with Crippen LogP contribution >= 0.6 is 0 Å². The van der Waals surface area contributed by atoms with Crippen LogP contribution in [0.1, 0.15) is 35.2 Å². The highest BCUT2D eigenvalue weighted by Gasteiger charge is 2.21. The molecule has 2 aliphatic rings. The molecule has 1 saturated heterocycles. The molecule has 0 amide bonds. The molecule has 0 aromatic heterocycles. The van der Waals surface area contributed by atoms with Crippen molar-refractivity contribution in [1.29, 1.82) is 0 Å². The van der Waals surface area contributed by atoms with Crippen molar-refractivity contribution in [2.24, 2.45) is 0 Å². The summed E-state index contributed by atoms with van der Waals surface area (Å²) in [6.07, 6.45) is 5.01. The normalized spacial score (nSPS) is 19.1. The molecule has 2 heterocycles. The first kappa shape index (κ1) is 13.4. The van der Waals surface area contributed by atoms with E-state index in [0.29, 0.717) is 5.56 Å². The lowest BCUT2D eigenvalue weighted by molar-refractivity contribution is 0.0697. The molecule has 0 unspecified atom stereocenters. The van der Waals surface area contributed by atoms with Gasteiger partial charge < -0.3 is 14.9 Å². The lowest BCUT2D eigenvalue weighted by Gasteiger charge is -2.29. The van der Waals surface area contributed by atoms with Crippen molar-refractivity contribution in [3.8, 4) is 0 Å². The maximum absolute atomic E-state index is 11.0. The first-order valence-electron chi connectivity index (χ1n) is 7.57. The molecule has 0 bridgehead atoms. The Morgan fingerprint density at radius 2 is 1.90 bits per heavy atom. The Hall–Kier alpha value is -1.55. The minimum absolute atomic E-state index is 0.404. The van der Waals surface area contributed by atoms with Crippen molar-refractivity contribution in [3.05, 3.63) is 29.3 Å². The van der Waals surface area contributed by atoms with Crippen molar-refractivity contribution in [2.45, 2.75) is 25.7 Å². The van der Waals surface area contributed by atoms with E-state index in [1.54, 1.807) is 6.07 Å². The Labute approximate surface area is 120 Å². The molecule has 3 rings (SSSR count). The van der Waals surface area contributed by atoms with Gasteiger partial charge in [0.25, 0.3) is 0 Å². The van der Waals surface area contributed by atoms with Crippen molar-refractivity contribution in [3.63, 3.8) is 0 Å². The number of carbonyl (C=O) groups is 1. The number of rotatable bonds is 4. The summed E-state index contributed by atoms with van der Waals surface area (Å²) < 4.78 is 0. The predicted octanol–water partition coefficient (Wildman–Crippen LogP) is 2.23. The fraction of sp³-hybridized carbons (Fsp3) is 0.562. The maximum atomic E-state index is 11.0. The SMILES string of the molecule is O=C(O)c1ccc2c(c1)CCN2CCN1CCCCC1. The molecule has 0 spiro atoms. The summed E-state index contributed by atoms with van der Waals surface area (Å²) in [6.45, 7) is 5.67. The van der Waals surface area contributed by atoms with Crippen LogP contribution in [0.2, 0.25) is 0 Å². The third-order valence-electron chi connectivity index (χ3n) is 4.45. The molecule has 0 atom stereocenters. The van der Waals surface area contributed by atoms with Crippen LogP contribution in [0.15, 0.2) is 18.2 Å². The molecule has 1 aromatic carbocycles. The third-order valence-corrected chi connectivity index (χ3v) is 4.45. The Morgan fingerprint density at radius 1 is 1.10 bits per heavy atom. The number of likely N-dealkylation sites (tertiary alicyclic amines) is 1. The number of carboxylic acid groups (broad SMARTS) is 1. The zero-order valence-corrected chi connectivity index (χ0v) is 11.8. The minimum atomic E-state index is -0.834. The van der Waals surface area contributed by atoms with Gasteiger partial charge in [-0.2, -0.15) is 0 Å². The average molecular weight is 274 g/mol. The molecule has 0 radical (unpaired) electrons. The van der Waals surface area contributed by atoms with E-state index in [9.17, 15) is 4.79 Å². The Bertz CT molecular complexity index is 495. The van der Waals surface area contributed by atoms with E-state index in [1.807, 2.05) is 12.1 Å². The standard InChI is InChI=1S/C16H22N2O2/c19-16(20)14-4-5-15-13(12-14)6-9-18(15)11-10-17-7-2-1-3-8-17/h4-5,12H,1-3,6-11H2,(H,19,20). The topological polar surface area (TPSA) is 43.8 Å². The summed E-state index contributed by atoms with van der Waals surface area (Å²) in [5.41, 5.74) is 2.82. The number of anilines is 1. The Morgan fingerprint density at radius 3 is 2.65 bits per heavy atom. The lowest BCUT2D eigenvalue weighted by Crippen LogP contribution is -2.37. The van der Waals surface area contributed by atoms with Crippen LogP contribution in [0.5, 0.6) is 0 Å². The van der Waals surface area contributed by atoms with E-state index in [0.717, 1.165) is 26.1 Å². The van der Waals surface area contributed by atoms with Crippen LogP contribution < -0.4 is 4.90 Å². The number of benzene rings is 1. The summed E-state index contributed by atoms with van der Waals surface area (Å²) >= 11 is 0. The van der Waals surface area contributed by atoms with Crippen molar-refractivity contribution in [1.82, 2.24) is 4.90 Å². The Balaban J connectivity index is 1.62. The summed E-state index contributed by atoms with van der Waals surface area (Å²) in [4.78, 5) is 15.9. The number of carboxylic acids is 1. The predicted molar refractivity (Wildman–Crippen MR) is 79.6 cm³/mol. The molecule has 1 aromatic rings. The van der Waals surface area contributed by atoms with E-state index >= 15 is 0 Å². The number of hydrogen-bond donors (Lipinski definition) is 1. The first-order chi connectivity index (χ1) is 9.74. The fourth-order valence-electron chi connectivity index (χ4n) is 3.28. The molecule has 0 aliphatic carbocycles. The number of piperidine rings is 1. The van der Waals surface area contributed by atoms with Crippen LogP contribution in [0, 0.1) is 0 Å². The monoisotopic (exact) mass is 274 g/mol. The Kier molecular flexibility index (Phi) is 3.92. The molecule has 0 saturated carbocycles. The van der Waals surface area contributed by atoms with Gasteiger partial charge in [-0.3, -0.25) is 0 Å². The van der Waals surface area contributed by atoms with Gasteiger partial charge in [0, 0.05) is 25.3 Å². The average Bonchev–Trinajstić information content (AvgIpc) is 2.88. The highest BCUT2D eigenvalue weighted by atomic mass is 16.4. The van der Waals surface area contributed by atoms with Gasteiger partial charge in [-0.15, -0.1) is 0 Å². The van der Waals surface area contributed by atoms with Crippen molar-refractivity contribution >= 4 is 11.7 Å². The van der Waals surface area contributed by atoms with Gasteiger partial charge in [0.15, 0.2) is 0 Å². The maximum Gasteiger partial charge on any atom is 0.335 e. The third kappa shape index (κ3) is 2.80. The molecular weight excluding hydrogens is 252 g/mol. The number of aromatic carboxylic acids is 1. The van der Waals surface area contributed by atoms with Gasteiger partial charge in [-0.25, -0.2) is 4.79 Å². The van der Waals surface area contributed by atoms with Crippen LogP contribution in [0.3, 0.4) is 0 Å². The molecule has 2 aliphatic heterocycles. The van der Waals surface area contributed by atoms with Crippen molar-refractivity contribution in [2.75, 3.05) is 37.6 Å². The molecule has 20 heavy (non-hydrogen) atoms. The quantitative estimate of drug-likeness (QED) is 0.914. The van der Waals surface area contributed by atoms with Crippen LogP contribution in [0.4, 0.5) is 5.69 Å². The largest absolute Gasteiger partial charge is 0.478 e. The summed E-state index contributed by atoms with van der Waals surface area (Å²) in [5, 5.41) is 9.04. The zero-order valence-electron chi connectivity index (χ0n) is 11.8. The first-order valence-corrected chi connectivity index (χ1v) is 7.57. The molecular formula is C16H22N2O2. The van der Waals surface area contributed by atoms with E-state index < -0.39 is 5.97 Å². The van der Waals surface area contributed by atoms with Crippen LogP contribution in [0.25, 0.3) is 0 Å². The molecule has 4 nitrogen and oxygen atoms in total. The summed E-state index contributed by atoms with van der Waals surface area (Å²) in [7, 11) is 0. The van der Waals surface area contributed by atoms with Gasteiger partial charge >= 0.3 is 5.97 Å². The van der Waals surface area contributed by atoms with Gasteiger partial charge in [0.1, 0.15) is 0 Å². The van der Waals surface area contributed by atoms with E-state index in [4.69, 9.17) is 5.11 Å². The molecule has 4 heteroatoms. The lowest BCUT2D eigenvalue weighted by atomic mass is 10.1. The number of nitrogens with zero attached hydrogens (tertiary/aromatic N) is 2. The summed E-state index contributed by atoms with van der Waals surface area (Å²) in [5.74, 6) is -0.834. The van der Waals surface area contributed by atoms with Gasteiger partial charge in [-0.1, -0.05) is 6.42 Å². The highest BCUT2D eigenvalue weighted by molar-refractivity contribution is 5.88. The van der Waals surface area contributed by atoms with E-state index in [1.165, 1.54) is 43.6 Å². The minimum Gasteiger partial charge on any atom is -0.478 e. The van der Waals surface area contributed by atoms with E-state index in [2.05, 4.69) is 9.80 Å². The second kappa shape index (κ2) is 5.83. The highest BCUT2D eigenvalue weighted by Crippen LogP contribution is 2.28. The smallest absolute Gasteiger partial charge is 0.335 e. The summed E-state index contributed by atoms with van der Waals surface area (Å²) in [6, 6.07) is 5.53. The fourth-order valence-corrected chi connectivity index (χ4v) is 3.28. The number of hydrogen-bond acceptors (Lipinski definition) is 3. The van der Waals surface area contributed by atoms with Gasteiger partial charge in [0.2, 0.25) is 0 Å². The molecule has 1 fully saturated rings. The zero-order chi connectivity index (χ0) is 13.9. The molecule has 108 valence electrons.